The molecule has 0 spiro atoms. The van der Waals surface area contributed by atoms with E-state index in [2.05, 4.69) is 24.5 Å². The highest BCUT2D eigenvalue weighted by molar-refractivity contribution is 5.87. The van der Waals surface area contributed by atoms with Crippen molar-refractivity contribution in [1.29, 1.82) is 0 Å². The normalized spacial score (nSPS) is 28.8. The maximum absolute atomic E-state index is 11.6. The highest BCUT2D eigenvalue weighted by atomic mass is 16.4. The van der Waals surface area contributed by atoms with Gasteiger partial charge in [0.2, 0.25) is 0 Å². The first kappa shape index (κ1) is 11.2. The van der Waals surface area contributed by atoms with E-state index in [4.69, 9.17) is 5.11 Å². The van der Waals surface area contributed by atoms with Gasteiger partial charge in [-0.25, -0.2) is 9.59 Å². The van der Waals surface area contributed by atoms with Gasteiger partial charge in [-0.1, -0.05) is 13.8 Å². The number of hydrogen-bond acceptors (Lipinski definition) is 2. The summed E-state index contributed by atoms with van der Waals surface area (Å²) in [5.41, 5.74) is -0.851. The van der Waals surface area contributed by atoms with E-state index in [0.717, 1.165) is 12.8 Å². The fourth-order valence-electron chi connectivity index (χ4n) is 2.05. The summed E-state index contributed by atoms with van der Waals surface area (Å²) in [6, 6.07) is -0.170. The standard InChI is InChI=1S/C11H18N2O3/c1-10(2)6-7(10)12-9(16)13-11(8(14)15)4-3-5-11/h7H,3-6H2,1-2H3,(H,14,15)(H2,12,13,16). The zero-order chi connectivity index (χ0) is 12.0. The van der Waals surface area contributed by atoms with Gasteiger partial charge in [0.05, 0.1) is 0 Å². The maximum Gasteiger partial charge on any atom is 0.329 e. The van der Waals surface area contributed by atoms with Crippen molar-refractivity contribution in [2.75, 3.05) is 0 Å². The molecule has 2 saturated carbocycles. The predicted octanol–water partition coefficient (Wildman–Crippen LogP) is 1.09. The van der Waals surface area contributed by atoms with E-state index in [0.29, 0.717) is 12.8 Å². The second-order valence-electron chi connectivity index (χ2n) is 5.58. The Bertz CT molecular complexity index is 334. The minimum Gasteiger partial charge on any atom is -0.480 e. The number of carboxylic acids is 1. The SMILES string of the molecule is CC1(C)CC1NC(=O)NC1(C(=O)O)CCC1. The van der Waals surface area contributed by atoms with Gasteiger partial charge in [-0.05, 0) is 31.1 Å². The fourth-order valence-corrected chi connectivity index (χ4v) is 2.05. The summed E-state index contributed by atoms with van der Waals surface area (Å²) in [6.45, 7) is 4.16. The number of amides is 2. The first-order valence-electron chi connectivity index (χ1n) is 5.68. The summed E-state index contributed by atoms with van der Waals surface area (Å²) in [4.78, 5) is 22.6. The average molecular weight is 226 g/mol. The Morgan fingerprint density at radius 2 is 1.88 bits per heavy atom. The Morgan fingerprint density at radius 3 is 2.19 bits per heavy atom. The van der Waals surface area contributed by atoms with Crippen LogP contribution in [0.15, 0.2) is 0 Å². The molecule has 2 aliphatic rings. The third-order valence-corrected chi connectivity index (χ3v) is 3.79. The molecule has 0 saturated heterocycles. The lowest BCUT2D eigenvalue weighted by molar-refractivity contribution is -0.148. The molecule has 0 bridgehead atoms. The highest BCUT2D eigenvalue weighted by Crippen LogP contribution is 2.44. The minimum atomic E-state index is -1.01. The van der Waals surface area contributed by atoms with Crippen LogP contribution >= 0.6 is 0 Å². The first-order chi connectivity index (χ1) is 7.36. The van der Waals surface area contributed by atoms with E-state index in [1.54, 1.807) is 0 Å². The van der Waals surface area contributed by atoms with Crippen LogP contribution in [0, 0.1) is 5.41 Å². The number of carbonyl (C=O) groups is 2. The zero-order valence-corrected chi connectivity index (χ0v) is 9.67. The molecule has 16 heavy (non-hydrogen) atoms. The second-order valence-corrected chi connectivity index (χ2v) is 5.58. The summed E-state index contributed by atoms with van der Waals surface area (Å²) in [5, 5.41) is 14.4. The number of nitrogens with one attached hydrogen (secondary N) is 2. The molecule has 2 fully saturated rings. The Hall–Kier alpha value is -1.26. The molecule has 5 heteroatoms. The van der Waals surface area contributed by atoms with E-state index in [-0.39, 0.29) is 17.5 Å². The molecule has 1 unspecified atom stereocenters. The van der Waals surface area contributed by atoms with Crippen LogP contribution in [0.4, 0.5) is 4.79 Å². The minimum absolute atomic E-state index is 0.160. The molecular formula is C11H18N2O3. The number of urea groups is 1. The predicted molar refractivity (Wildman–Crippen MR) is 58.1 cm³/mol. The maximum atomic E-state index is 11.6. The quantitative estimate of drug-likeness (QED) is 0.674. The molecule has 0 aromatic carbocycles. The van der Waals surface area contributed by atoms with Crippen LogP contribution in [0.1, 0.15) is 39.5 Å². The number of carboxylic acid groups (broad SMARTS) is 1. The lowest BCUT2D eigenvalue weighted by atomic mass is 9.77. The third kappa shape index (κ3) is 1.86. The number of hydrogen-bond donors (Lipinski definition) is 3. The van der Waals surface area contributed by atoms with Gasteiger partial charge in [0.15, 0.2) is 0 Å². The van der Waals surface area contributed by atoms with Crippen LogP contribution in [-0.2, 0) is 4.79 Å². The largest absolute Gasteiger partial charge is 0.480 e. The Kier molecular flexibility index (Phi) is 2.36. The topological polar surface area (TPSA) is 78.4 Å². The van der Waals surface area contributed by atoms with Crippen LogP contribution in [0.25, 0.3) is 0 Å². The molecule has 90 valence electrons. The monoisotopic (exact) mass is 226 g/mol. The van der Waals surface area contributed by atoms with Gasteiger partial charge in [0.25, 0.3) is 0 Å². The summed E-state index contributed by atoms with van der Waals surface area (Å²) < 4.78 is 0. The highest BCUT2D eigenvalue weighted by Gasteiger charge is 2.49. The van der Waals surface area contributed by atoms with Crippen molar-refractivity contribution in [2.24, 2.45) is 5.41 Å². The third-order valence-electron chi connectivity index (χ3n) is 3.79. The molecule has 0 radical (unpaired) electrons. The van der Waals surface area contributed by atoms with Crippen LogP contribution < -0.4 is 10.6 Å². The van der Waals surface area contributed by atoms with E-state index in [1.165, 1.54) is 0 Å². The number of carbonyl (C=O) groups excluding carboxylic acids is 1. The van der Waals surface area contributed by atoms with Crippen LogP contribution in [-0.4, -0.2) is 28.7 Å². The molecule has 0 aromatic rings. The van der Waals surface area contributed by atoms with Gasteiger partial charge in [-0.2, -0.15) is 0 Å². The van der Waals surface area contributed by atoms with Crippen LogP contribution in [0.2, 0.25) is 0 Å². The Morgan fingerprint density at radius 1 is 1.31 bits per heavy atom. The van der Waals surface area contributed by atoms with Gasteiger partial charge >= 0.3 is 12.0 Å². The van der Waals surface area contributed by atoms with Crippen molar-refractivity contribution >= 4 is 12.0 Å². The first-order valence-corrected chi connectivity index (χ1v) is 5.68. The van der Waals surface area contributed by atoms with E-state index in [1.807, 2.05) is 0 Å². The van der Waals surface area contributed by atoms with Gasteiger partial charge in [0.1, 0.15) is 5.54 Å². The molecule has 2 rings (SSSR count). The van der Waals surface area contributed by atoms with Crippen molar-refractivity contribution in [3.63, 3.8) is 0 Å². The van der Waals surface area contributed by atoms with E-state index in [9.17, 15) is 9.59 Å². The molecule has 2 amide bonds. The lowest BCUT2D eigenvalue weighted by Gasteiger charge is -2.38. The summed E-state index contributed by atoms with van der Waals surface area (Å²) in [5.74, 6) is -0.927. The zero-order valence-electron chi connectivity index (χ0n) is 9.67. The van der Waals surface area contributed by atoms with Crippen LogP contribution in [0.3, 0.4) is 0 Å². The molecule has 3 N–H and O–H groups in total. The Balaban J connectivity index is 1.85. The lowest BCUT2D eigenvalue weighted by Crippen LogP contribution is -2.61. The van der Waals surface area contributed by atoms with Gasteiger partial charge in [0, 0.05) is 6.04 Å². The summed E-state index contributed by atoms with van der Waals surface area (Å²) >= 11 is 0. The second kappa shape index (κ2) is 3.37. The number of aliphatic carboxylic acids is 1. The van der Waals surface area contributed by atoms with Gasteiger partial charge in [-0.15, -0.1) is 0 Å². The van der Waals surface area contributed by atoms with Crippen molar-refractivity contribution in [3.8, 4) is 0 Å². The van der Waals surface area contributed by atoms with E-state index < -0.39 is 11.5 Å². The molecule has 1 atom stereocenters. The molecular weight excluding hydrogens is 208 g/mol. The van der Waals surface area contributed by atoms with Crippen molar-refractivity contribution in [1.82, 2.24) is 10.6 Å². The smallest absolute Gasteiger partial charge is 0.329 e. The van der Waals surface area contributed by atoms with Crippen LogP contribution in [0.5, 0.6) is 0 Å². The number of rotatable bonds is 3. The average Bonchev–Trinajstić information content (AvgIpc) is 2.65. The molecule has 0 aromatic heterocycles. The molecule has 5 nitrogen and oxygen atoms in total. The molecule has 0 aliphatic heterocycles. The van der Waals surface area contributed by atoms with Crippen molar-refractivity contribution < 1.29 is 14.7 Å². The fraction of sp³-hybridized carbons (Fsp3) is 0.818. The van der Waals surface area contributed by atoms with Gasteiger partial charge in [-0.3, -0.25) is 0 Å². The molecule has 0 heterocycles. The summed E-state index contributed by atoms with van der Waals surface area (Å²) in [7, 11) is 0. The molecule has 2 aliphatic carbocycles. The van der Waals surface area contributed by atoms with Crippen molar-refractivity contribution in [2.45, 2.75) is 51.1 Å². The summed E-state index contributed by atoms with van der Waals surface area (Å²) in [6.07, 6.45) is 2.88. The van der Waals surface area contributed by atoms with Gasteiger partial charge < -0.3 is 15.7 Å². The Labute approximate surface area is 94.6 Å². The van der Waals surface area contributed by atoms with E-state index >= 15 is 0 Å². The van der Waals surface area contributed by atoms with Crippen molar-refractivity contribution in [3.05, 3.63) is 0 Å².